The monoisotopic (exact) mass is 367 g/mol. The zero-order chi connectivity index (χ0) is 19.5. The van der Waals surface area contributed by atoms with Crippen molar-refractivity contribution >= 4 is 23.6 Å². The molecule has 0 aliphatic rings. The van der Waals surface area contributed by atoms with Crippen molar-refractivity contribution in [2.45, 2.75) is 39.5 Å². The van der Waals surface area contributed by atoms with E-state index in [0.29, 0.717) is 11.4 Å². The highest BCUT2D eigenvalue weighted by atomic mass is 16.2. The molecule has 1 heterocycles. The number of hydrogen-bond donors (Lipinski definition) is 2. The van der Waals surface area contributed by atoms with Crippen molar-refractivity contribution < 1.29 is 4.79 Å². The lowest BCUT2D eigenvalue weighted by atomic mass is 10.2. The zero-order valence-corrected chi connectivity index (χ0v) is 16.2. The fraction of sp³-hybridized carbons (Fsp3) is 0.381. The molecule has 0 fully saturated rings. The molecule has 0 saturated carbocycles. The summed E-state index contributed by atoms with van der Waals surface area (Å²) in [5, 5.41) is 4.02. The number of aromatic nitrogens is 1. The maximum absolute atomic E-state index is 12.0. The molecular formula is C21H29N5O. The molecule has 0 bridgehead atoms. The van der Waals surface area contributed by atoms with Gasteiger partial charge in [-0.05, 0) is 42.7 Å². The summed E-state index contributed by atoms with van der Waals surface area (Å²) >= 11 is 0. The lowest BCUT2D eigenvalue weighted by Gasteiger charge is -2.24. The van der Waals surface area contributed by atoms with Gasteiger partial charge in [0.2, 0.25) is 0 Å². The van der Waals surface area contributed by atoms with Crippen LogP contribution in [0.5, 0.6) is 0 Å². The molecule has 27 heavy (non-hydrogen) atoms. The van der Waals surface area contributed by atoms with E-state index in [-0.39, 0.29) is 5.91 Å². The predicted molar refractivity (Wildman–Crippen MR) is 112 cm³/mol. The molecular weight excluding hydrogens is 338 g/mol. The molecule has 0 aliphatic heterocycles. The molecule has 1 aromatic carbocycles. The molecule has 0 saturated heterocycles. The largest absolute Gasteiger partial charge is 0.384 e. The summed E-state index contributed by atoms with van der Waals surface area (Å²) in [6.07, 6.45) is 7.83. The first-order valence-electron chi connectivity index (χ1n) is 9.54. The SMILES string of the molecule is CCCCN(CCCC)c1ccc(/C=N/NC(=O)c2ccc(N)nc2)cc1. The molecule has 6 heteroatoms. The van der Waals surface area contributed by atoms with E-state index in [4.69, 9.17) is 5.73 Å². The standard InChI is InChI=1S/C21H29N5O/c1-3-5-13-26(14-6-4-2)19-10-7-17(8-11-19)15-24-25-21(27)18-9-12-20(22)23-16-18/h7-12,15-16H,3-6,13-14H2,1-2H3,(H2,22,23)(H,25,27)/b24-15+. The fourth-order valence-corrected chi connectivity index (χ4v) is 2.61. The van der Waals surface area contributed by atoms with Crippen molar-refractivity contribution in [1.82, 2.24) is 10.4 Å². The Hall–Kier alpha value is -2.89. The van der Waals surface area contributed by atoms with Crippen molar-refractivity contribution in [2.24, 2.45) is 5.10 Å². The molecule has 2 aromatic rings. The molecule has 0 aliphatic carbocycles. The van der Waals surface area contributed by atoms with Gasteiger partial charge in [0.15, 0.2) is 0 Å². The van der Waals surface area contributed by atoms with Crippen LogP contribution in [0.2, 0.25) is 0 Å². The summed E-state index contributed by atoms with van der Waals surface area (Å²) in [5.41, 5.74) is 10.6. The van der Waals surface area contributed by atoms with Crippen LogP contribution in [0.4, 0.5) is 11.5 Å². The molecule has 3 N–H and O–H groups in total. The minimum atomic E-state index is -0.319. The number of hydrazone groups is 1. The molecule has 0 atom stereocenters. The summed E-state index contributed by atoms with van der Waals surface area (Å²) in [5.74, 6) is 0.0581. The number of benzene rings is 1. The number of nitrogens with zero attached hydrogens (tertiary/aromatic N) is 3. The Balaban J connectivity index is 1.94. The van der Waals surface area contributed by atoms with Gasteiger partial charge in [0.05, 0.1) is 11.8 Å². The Morgan fingerprint density at radius 1 is 1.11 bits per heavy atom. The number of nitrogens with one attached hydrogen (secondary N) is 1. The summed E-state index contributed by atoms with van der Waals surface area (Å²) in [6, 6.07) is 11.4. The van der Waals surface area contributed by atoms with Crippen LogP contribution in [0.25, 0.3) is 0 Å². The summed E-state index contributed by atoms with van der Waals surface area (Å²) in [7, 11) is 0. The molecule has 144 valence electrons. The van der Waals surface area contributed by atoms with Crippen LogP contribution in [0.1, 0.15) is 55.5 Å². The Morgan fingerprint density at radius 3 is 2.33 bits per heavy atom. The Morgan fingerprint density at radius 2 is 1.78 bits per heavy atom. The average Bonchev–Trinajstić information content (AvgIpc) is 2.69. The van der Waals surface area contributed by atoms with Crippen molar-refractivity contribution in [1.29, 1.82) is 0 Å². The molecule has 0 spiro atoms. The molecule has 1 amide bonds. The third-order valence-electron chi connectivity index (χ3n) is 4.25. The van der Waals surface area contributed by atoms with Crippen LogP contribution in [0.3, 0.4) is 0 Å². The predicted octanol–water partition coefficient (Wildman–Crippen LogP) is 3.83. The van der Waals surface area contributed by atoms with E-state index in [2.05, 4.69) is 46.4 Å². The topological polar surface area (TPSA) is 83.6 Å². The first kappa shape index (κ1) is 20.4. The summed E-state index contributed by atoms with van der Waals surface area (Å²) < 4.78 is 0. The maximum atomic E-state index is 12.0. The van der Waals surface area contributed by atoms with Crippen LogP contribution in [-0.4, -0.2) is 30.2 Å². The first-order chi connectivity index (χ1) is 13.1. The van der Waals surface area contributed by atoms with Crippen molar-refractivity contribution in [2.75, 3.05) is 23.7 Å². The number of carbonyl (C=O) groups excluding carboxylic acids is 1. The van der Waals surface area contributed by atoms with Gasteiger partial charge in [0.1, 0.15) is 5.82 Å². The van der Waals surface area contributed by atoms with Gasteiger partial charge >= 0.3 is 0 Å². The highest BCUT2D eigenvalue weighted by molar-refractivity contribution is 5.94. The van der Waals surface area contributed by atoms with Crippen LogP contribution in [0, 0.1) is 0 Å². The van der Waals surface area contributed by atoms with E-state index in [9.17, 15) is 4.79 Å². The van der Waals surface area contributed by atoms with Gasteiger partial charge < -0.3 is 10.6 Å². The number of unbranched alkanes of at least 4 members (excludes halogenated alkanes) is 2. The fourth-order valence-electron chi connectivity index (χ4n) is 2.61. The second-order valence-electron chi connectivity index (χ2n) is 6.46. The van der Waals surface area contributed by atoms with E-state index >= 15 is 0 Å². The normalized spacial score (nSPS) is 10.9. The van der Waals surface area contributed by atoms with Crippen LogP contribution < -0.4 is 16.1 Å². The van der Waals surface area contributed by atoms with Crippen molar-refractivity contribution in [3.8, 4) is 0 Å². The average molecular weight is 367 g/mol. The number of pyridine rings is 1. The summed E-state index contributed by atoms with van der Waals surface area (Å²) in [6.45, 7) is 6.59. The lowest BCUT2D eigenvalue weighted by molar-refractivity contribution is 0.0955. The highest BCUT2D eigenvalue weighted by Gasteiger charge is 2.06. The van der Waals surface area contributed by atoms with Crippen LogP contribution in [-0.2, 0) is 0 Å². The molecule has 0 radical (unpaired) electrons. The third kappa shape index (κ3) is 6.73. The van der Waals surface area contributed by atoms with Gasteiger partial charge in [-0.1, -0.05) is 38.8 Å². The second-order valence-corrected chi connectivity index (χ2v) is 6.46. The molecule has 2 rings (SSSR count). The number of nitrogens with two attached hydrogens (primary N) is 1. The summed E-state index contributed by atoms with van der Waals surface area (Å²) in [4.78, 5) is 18.3. The van der Waals surface area contributed by atoms with E-state index in [0.717, 1.165) is 18.7 Å². The van der Waals surface area contributed by atoms with Gasteiger partial charge in [0.25, 0.3) is 5.91 Å². The smallest absolute Gasteiger partial charge is 0.272 e. The third-order valence-corrected chi connectivity index (χ3v) is 4.25. The molecule has 1 aromatic heterocycles. The van der Waals surface area contributed by atoms with Gasteiger partial charge in [0, 0.05) is 25.0 Å². The minimum absolute atomic E-state index is 0.319. The number of rotatable bonds is 10. The highest BCUT2D eigenvalue weighted by Crippen LogP contribution is 2.16. The van der Waals surface area contributed by atoms with E-state index in [1.165, 1.54) is 37.6 Å². The van der Waals surface area contributed by atoms with Gasteiger partial charge in [-0.3, -0.25) is 4.79 Å². The maximum Gasteiger partial charge on any atom is 0.272 e. The van der Waals surface area contributed by atoms with Crippen LogP contribution >= 0.6 is 0 Å². The first-order valence-corrected chi connectivity index (χ1v) is 9.54. The quantitative estimate of drug-likeness (QED) is 0.494. The minimum Gasteiger partial charge on any atom is -0.384 e. The zero-order valence-electron chi connectivity index (χ0n) is 16.2. The Bertz CT molecular complexity index is 717. The number of hydrogen-bond acceptors (Lipinski definition) is 5. The van der Waals surface area contributed by atoms with E-state index in [1.807, 2.05) is 12.1 Å². The van der Waals surface area contributed by atoms with E-state index < -0.39 is 0 Å². The van der Waals surface area contributed by atoms with Gasteiger partial charge in [-0.15, -0.1) is 0 Å². The second kappa shape index (κ2) is 11.0. The number of carbonyl (C=O) groups is 1. The molecule has 6 nitrogen and oxygen atoms in total. The Labute approximate surface area is 161 Å². The number of amides is 1. The lowest BCUT2D eigenvalue weighted by Crippen LogP contribution is -2.25. The van der Waals surface area contributed by atoms with Crippen molar-refractivity contribution in [3.63, 3.8) is 0 Å². The van der Waals surface area contributed by atoms with E-state index in [1.54, 1.807) is 18.3 Å². The van der Waals surface area contributed by atoms with Crippen molar-refractivity contribution in [3.05, 3.63) is 53.7 Å². The van der Waals surface area contributed by atoms with Gasteiger partial charge in [-0.25, -0.2) is 10.4 Å². The Kier molecular flexibility index (Phi) is 8.29. The number of nitrogen functional groups attached to an aromatic ring is 1. The van der Waals surface area contributed by atoms with Gasteiger partial charge in [-0.2, -0.15) is 5.10 Å². The van der Waals surface area contributed by atoms with Crippen LogP contribution in [0.15, 0.2) is 47.7 Å². The number of anilines is 2. The molecule has 0 unspecified atom stereocenters.